The highest BCUT2D eigenvalue weighted by Crippen LogP contribution is 2.28. The van der Waals surface area contributed by atoms with E-state index >= 15 is 0 Å². The number of pyridine rings is 1. The number of carbonyl (C=O) groups excluding carboxylic acids is 1. The summed E-state index contributed by atoms with van der Waals surface area (Å²) in [5.41, 5.74) is 5.18. The highest BCUT2D eigenvalue weighted by Gasteiger charge is 2.32. The number of nitrogens with zero attached hydrogens (tertiary/aromatic N) is 3. The van der Waals surface area contributed by atoms with E-state index in [1.807, 2.05) is 0 Å². The van der Waals surface area contributed by atoms with Crippen molar-refractivity contribution < 1.29 is 18.0 Å². The number of hydrogen-bond donors (Lipinski definition) is 1. The monoisotopic (exact) mass is 306 g/mol. The van der Waals surface area contributed by atoms with Gasteiger partial charge in [-0.1, -0.05) is 18.2 Å². The Hall–Kier alpha value is -2.90. The molecule has 2 N–H and O–H groups in total. The Morgan fingerprint density at radius 1 is 1.14 bits per heavy atom. The van der Waals surface area contributed by atoms with E-state index in [9.17, 15) is 18.0 Å². The summed E-state index contributed by atoms with van der Waals surface area (Å²) < 4.78 is 39.0. The first-order chi connectivity index (χ1) is 10.4. The zero-order chi connectivity index (χ0) is 15.9. The first-order valence-electron chi connectivity index (χ1n) is 6.19. The highest BCUT2D eigenvalue weighted by molar-refractivity contribution is 6.04. The molecule has 0 fully saturated rings. The summed E-state index contributed by atoms with van der Waals surface area (Å²) in [5.74, 6) is -0.713. The van der Waals surface area contributed by atoms with Crippen molar-refractivity contribution >= 4 is 16.8 Å². The van der Waals surface area contributed by atoms with E-state index in [2.05, 4.69) is 10.1 Å². The van der Waals surface area contributed by atoms with Gasteiger partial charge in [0.15, 0.2) is 5.69 Å². The molecule has 0 aliphatic carbocycles. The van der Waals surface area contributed by atoms with Crippen LogP contribution < -0.4 is 5.73 Å². The highest BCUT2D eigenvalue weighted by atomic mass is 19.4. The molecule has 0 aliphatic rings. The molecule has 0 saturated carbocycles. The molecule has 0 atom stereocenters. The Balaban J connectivity index is 2.16. The van der Waals surface area contributed by atoms with E-state index in [0.717, 1.165) is 12.3 Å². The van der Waals surface area contributed by atoms with Crippen LogP contribution in [0.5, 0.6) is 0 Å². The molecule has 0 radical (unpaired) electrons. The number of carbonyl (C=O) groups is 1. The van der Waals surface area contributed by atoms with Gasteiger partial charge >= 0.3 is 6.18 Å². The van der Waals surface area contributed by atoms with E-state index in [0.29, 0.717) is 16.6 Å². The second-order valence-electron chi connectivity index (χ2n) is 4.54. The summed E-state index contributed by atoms with van der Waals surface area (Å²) in [5, 5.41) is 4.59. The molecule has 1 aromatic carbocycles. The van der Waals surface area contributed by atoms with Crippen molar-refractivity contribution in [2.75, 3.05) is 0 Å². The number of rotatable bonds is 2. The molecule has 112 valence electrons. The molecule has 0 spiro atoms. The predicted octanol–water partition coefficient (Wildman–Crippen LogP) is 2.54. The first-order valence-corrected chi connectivity index (χ1v) is 6.19. The molecule has 3 rings (SSSR count). The van der Waals surface area contributed by atoms with Gasteiger partial charge in [-0.15, -0.1) is 0 Å². The maximum Gasteiger partial charge on any atom is 0.433 e. The molecular formula is C14H9F3N4O. The summed E-state index contributed by atoms with van der Waals surface area (Å²) in [6, 6.07) is 8.88. The van der Waals surface area contributed by atoms with Gasteiger partial charge in [-0.25, -0.2) is 9.67 Å². The van der Waals surface area contributed by atoms with Gasteiger partial charge in [0.1, 0.15) is 5.69 Å². The van der Waals surface area contributed by atoms with Crippen molar-refractivity contribution in [3.63, 3.8) is 0 Å². The van der Waals surface area contributed by atoms with Crippen molar-refractivity contribution in [1.29, 1.82) is 0 Å². The maximum absolute atomic E-state index is 12.5. The quantitative estimate of drug-likeness (QED) is 0.790. The molecule has 0 saturated heterocycles. The lowest BCUT2D eigenvalue weighted by Gasteiger charge is -2.07. The Morgan fingerprint density at radius 2 is 1.86 bits per heavy atom. The zero-order valence-electron chi connectivity index (χ0n) is 11.0. The van der Waals surface area contributed by atoms with E-state index in [4.69, 9.17) is 5.73 Å². The SMILES string of the molecule is NC(=O)c1nn(-c2ccc(C(F)(F)F)nc2)c2ccccc12. The van der Waals surface area contributed by atoms with Crippen LogP contribution in [0, 0.1) is 0 Å². The van der Waals surface area contributed by atoms with Crippen molar-refractivity contribution in [3.05, 3.63) is 54.0 Å². The molecule has 2 heterocycles. The molecule has 22 heavy (non-hydrogen) atoms. The normalized spacial score (nSPS) is 11.8. The molecule has 0 unspecified atom stereocenters. The van der Waals surface area contributed by atoms with Gasteiger partial charge in [-0.3, -0.25) is 4.79 Å². The Bertz CT molecular complexity index is 853. The van der Waals surface area contributed by atoms with E-state index in [-0.39, 0.29) is 5.69 Å². The Morgan fingerprint density at radius 3 is 2.45 bits per heavy atom. The molecule has 0 bridgehead atoms. The average Bonchev–Trinajstić information content (AvgIpc) is 2.86. The molecule has 8 heteroatoms. The lowest BCUT2D eigenvalue weighted by molar-refractivity contribution is -0.141. The molecule has 2 aromatic heterocycles. The minimum atomic E-state index is -4.51. The number of hydrogen-bond acceptors (Lipinski definition) is 3. The molecule has 0 aliphatic heterocycles. The van der Waals surface area contributed by atoms with Crippen LogP contribution in [-0.2, 0) is 6.18 Å². The summed E-state index contributed by atoms with van der Waals surface area (Å²) in [6.45, 7) is 0. The second kappa shape index (κ2) is 4.83. The van der Waals surface area contributed by atoms with Crippen molar-refractivity contribution in [1.82, 2.24) is 14.8 Å². The topological polar surface area (TPSA) is 73.8 Å². The summed E-state index contributed by atoms with van der Waals surface area (Å²) in [6.07, 6.45) is -3.46. The third-order valence-electron chi connectivity index (χ3n) is 3.10. The number of fused-ring (bicyclic) bond motifs is 1. The zero-order valence-corrected chi connectivity index (χ0v) is 11.0. The summed E-state index contributed by atoms with van der Waals surface area (Å²) in [7, 11) is 0. The van der Waals surface area contributed by atoms with Crippen LogP contribution in [-0.4, -0.2) is 20.7 Å². The molecular weight excluding hydrogens is 297 g/mol. The van der Waals surface area contributed by atoms with E-state index < -0.39 is 17.8 Å². The summed E-state index contributed by atoms with van der Waals surface area (Å²) >= 11 is 0. The second-order valence-corrected chi connectivity index (χ2v) is 4.54. The van der Waals surface area contributed by atoms with Crippen molar-refractivity contribution in [2.45, 2.75) is 6.18 Å². The van der Waals surface area contributed by atoms with Gasteiger partial charge in [0.25, 0.3) is 5.91 Å². The smallest absolute Gasteiger partial charge is 0.364 e. The largest absolute Gasteiger partial charge is 0.433 e. The maximum atomic E-state index is 12.5. The van der Waals surface area contributed by atoms with Crippen LogP contribution in [0.2, 0.25) is 0 Å². The third kappa shape index (κ3) is 2.28. The minimum absolute atomic E-state index is 0.0514. The van der Waals surface area contributed by atoms with Gasteiger partial charge in [0.2, 0.25) is 0 Å². The number of primary amides is 1. The standard InChI is InChI=1S/C14H9F3N4O/c15-14(16,17)11-6-5-8(7-19-11)21-10-4-2-1-3-9(10)12(20-21)13(18)22/h1-7H,(H2,18,22). The fourth-order valence-corrected chi connectivity index (χ4v) is 2.12. The lowest BCUT2D eigenvalue weighted by atomic mass is 10.2. The Labute approximate surface area is 122 Å². The van der Waals surface area contributed by atoms with E-state index in [1.165, 1.54) is 10.7 Å². The number of halogens is 3. The summed E-state index contributed by atoms with van der Waals surface area (Å²) in [4.78, 5) is 14.8. The predicted molar refractivity (Wildman–Crippen MR) is 72.4 cm³/mol. The molecule has 1 amide bonds. The van der Waals surface area contributed by atoms with Crippen LogP contribution in [0.1, 0.15) is 16.2 Å². The number of benzene rings is 1. The van der Waals surface area contributed by atoms with E-state index in [1.54, 1.807) is 24.3 Å². The Kier molecular flexibility index (Phi) is 3.09. The number of nitrogens with two attached hydrogens (primary N) is 1. The van der Waals surface area contributed by atoms with Gasteiger partial charge in [0, 0.05) is 5.39 Å². The number of aromatic nitrogens is 3. The van der Waals surface area contributed by atoms with Crippen molar-refractivity contribution in [3.8, 4) is 5.69 Å². The third-order valence-corrected chi connectivity index (χ3v) is 3.10. The van der Waals surface area contributed by atoms with Crippen LogP contribution in [0.3, 0.4) is 0 Å². The fourth-order valence-electron chi connectivity index (χ4n) is 2.12. The number of amides is 1. The van der Waals surface area contributed by atoms with Crippen LogP contribution >= 0.6 is 0 Å². The van der Waals surface area contributed by atoms with Crippen LogP contribution in [0.25, 0.3) is 16.6 Å². The van der Waals surface area contributed by atoms with Gasteiger partial charge in [-0.2, -0.15) is 18.3 Å². The lowest BCUT2D eigenvalue weighted by Crippen LogP contribution is -2.13. The minimum Gasteiger partial charge on any atom is -0.364 e. The first kappa shape index (κ1) is 14.1. The van der Waals surface area contributed by atoms with Gasteiger partial charge in [0.05, 0.1) is 17.4 Å². The van der Waals surface area contributed by atoms with Crippen LogP contribution in [0.4, 0.5) is 13.2 Å². The van der Waals surface area contributed by atoms with Gasteiger partial charge < -0.3 is 5.73 Å². The molecule has 3 aromatic rings. The van der Waals surface area contributed by atoms with Gasteiger partial charge in [-0.05, 0) is 18.2 Å². The average molecular weight is 306 g/mol. The molecule has 5 nitrogen and oxygen atoms in total. The fraction of sp³-hybridized carbons (Fsp3) is 0.0714. The number of alkyl halides is 3. The van der Waals surface area contributed by atoms with Crippen LogP contribution in [0.15, 0.2) is 42.6 Å². The van der Waals surface area contributed by atoms with Crippen molar-refractivity contribution in [2.24, 2.45) is 5.73 Å². The number of para-hydroxylation sites is 1.